The van der Waals surface area contributed by atoms with Gasteiger partial charge in [0, 0.05) is 31.6 Å². The van der Waals surface area contributed by atoms with E-state index in [0.717, 1.165) is 12.2 Å². The topological polar surface area (TPSA) is 128 Å². The molecule has 0 radical (unpaired) electrons. The Balaban J connectivity index is 1.52. The molecule has 162 valence electrons. The van der Waals surface area contributed by atoms with Gasteiger partial charge in [0.1, 0.15) is 6.04 Å². The molecule has 0 aliphatic carbocycles. The van der Waals surface area contributed by atoms with E-state index in [0.29, 0.717) is 31.6 Å². The van der Waals surface area contributed by atoms with Gasteiger partial charge in [0.25, 0.3) is 11.8 Å². The molecule has 9 nitrogen and oxygen atoms in total. The number of rotatable bonds is 8. The summed E-state index contributed by atoms with van der Waals surface area (Å²) in [6.07, 6.45) is 0.378. The molecule has 2 aliphatic rings. The summed E-state index contributed by atoms with van der Waals surface area (Å²) in [7, 11) is 0. The van der Waals surface area contributed by atoms with Crippen molar-refractivity contribution in [1.82, 2.24) is 10.2 Å². The second-order valence-electron chi connectivity index (χ2n) is 7.28. The van der Waals surface area contributed by atoms with E-state index in [1.54, 1.807) is 24.3 Å². The largest absolute Gasteiger partial charge is 0.498 e. The SMILES string of the molecule is O=C(NCCC1=CCCO1)[C@H](O)[C@@H](O)C(=O)N1CCC[C@H]1C(=O)Nc1ccccc1. The fourth-order valence-corrected chi connectivity index (χ4v) is 3.56. The molecule has 2 heterocycles. The molecular weight excluding hydrogens is 390 g/mol. The van der Waals surface area contributed by atoms with Crippen LogP contribution in [0.5, 0.6) is 0 Å². The van der Waals surface area contributed by atoms with Crippen molar-refractivity contribution < 1.29 is 29.3 Å². The van der Waals surface area contributed by atoms with Crippen LogP contribution in [0.1, 0.15) is 25.7 Å². The summed E-state index contributed by atoms with van der Waals surface area (Å²) in [6, 6.07) is 8.07. The molecule has 1 fully saturated rings. The molecule has 1 aromatic carbocycles. The Morgan fingerprint density at radius 3 is 2.63 bits per heavy atom. The fourth-order valence-electron chi connectivity index (χ4n) is 3.56. The van der Waals surface area contributed by atoms with Crippen molar-refractivity contribution in [2.75, 3.05) is 25.0 Å². The quantitative estimate of drug-likeness (QED) is 0.477. The van der Waals surface area contributed by atoms with Gasteiger partial charge in [-0.05, 0) is 31.1 Å². The molecule has 1 aromatic rings. The van der Waals surface area contributed by atoms with Gasteiger partial charge in [-0.3, -0.25) is 14.4 Å². The zero-order chi connectivity index (χ0) is 21.5. The minimum atomic E-state index is -1.95. The highest BCUT2D eigenvalue weighted by atomic mass is 16.5. The summed E-state index contributed by atoms with van der Waals surface area (Å²) >= 11 is 0. The van der Waals surface area contributed by atoms with Crippen LogP contribution in [0.3, 0.4) is 0 Å². The fraction of sp³-hybridized carbons (Fsp3) is 0.476. The zero-order valence-electron chi connectivity index (χ0n) is 16.6. The van der Waals surface area contributed by atoms with Crippen molar-refractivity contribution in [1.29, 1.82) is 0 Å². The Kier molecular flexibility index (Phi) is 7.42. The van der Waals surface area contributed by atoms with Crippen LogP contribution in [-0.2, 0) is 19.1 Å². The molecule has 0 aromatic heterocycles. The number of amides is 3. The Morgan fingerprint density at radius 2 is 1.93 bits per heavy atom. The van der Waals surface area contributed by atoms with Crippen molar-refractivity contribution in [2.45, 2.75) is 43.9 Å². The molecule has 0 spiro atoms. The molecule has 0 bridgehead atoms. The second kappa shape index (κ2) is 10.2. The number of hydrogen-bond donors (Lipinski definition) is 4. The molecular formula is C21H27N3O6. The van der Waals surface area contributed by atoms with Gasteiger partial charge in [-0.2, -0.15) is 0 Å². The van der Waals surface area contributed by atoms with Crippen molar-refractivity contribution in [3.63, 3.8) is 0 Å². The van der Waals surface area contributed by atoms with Crippen LogP contribution in [0.25, 0.3) is 0 Å². The van der Waals surface area contributed by atoms with Crippen LogP contribution in [0.15, 0.2) is 42.2 Å². The summed E-state index contributed by atoms with van der Waals surface area (Å²) in [5.74, 6) is -1.29. The highest BCUT2D eigenvalue weighted by Crippen LogP contribution is 2.21. The first kappa shape index (κ1) is 21.8. The summed E-state index contributed by atoms with van der Waals surface area (Å²) in [5.41, 5.74) is 0.600. The Hall–Kier alpha value is -2.91. The number of anilines is 1. The number of nitrogens with one attached hydrogen (secondary N) is 2. The maximum atomic E-state index is 12.7. The third-order valence-electron chi connectivity index (χ3n) is 5.15. The molecule has 3 amide bonds. The summed E-state index contributed by atoms with van der Waals surface area (Å²) in [5, 5.41) is 25.6. The average Bonchev–Trinajstić information content (AvgIpc) is 3.45. The van der Waals surface area contributed by atoms with Gasteiger partial charge in [0.15, 0.2) is 12.2 Å². The first-order valence-electron chi connectivity index (χ1n) is 10.1. The Bertz CT molecular complexity index is 797. The number of carbonyl (C=O) groups excluding carboxylic acids is 3. The third kappa shape index (κ3) is 5.37. The first-order chi connectivity index (χ1) is 14.5. The van der Waals surface area contributed by atoms with Crippen molar-refractivity contribution in [3.8, 4) is 0 Å². The van der Waals surface area contributed by atoms with Gasteiger partial charge in [0.2, 0.25) is 5.91 Å². The third-order valence-corrected chi connectivity index (χ3v) is 5.15. The molecule has 3 rings (SSSR count). The number of likely N-dealkylation sites (tertiary alicyclic amines) is 1. The van der Waals surface area contributed by atoms with Gasteiger partial charge < -0.3 is 30.5 Å². The molecule has 3 atom stereocenters. The number of nitrogens with zero attached hydrogens (tertiary/aromatic N) is 1. The first-order valence-corrected chi connectivity index (χ1v) is 10.1. The van der Waals surface area contributed by atoms with Gasteiger partial charge in [0.05, 0.1) is 12.4 Å². The van der Waals surface area contributed by atoms with Crippen molar-refractivity contribution in [2.24, 2.45) is 0 Å². The molecule has 4 N–H and O–H groups in total. The van der Waals surface area contributed by atoms with Crippen molar-refractivity contribution in [3.05, 3.63) is 42.2 Å². The van der Waals surface area contributed by atoms with Crippen LogP contribution in [0.4, 0.5) is 5.69 Å². The number of hydrogen-bond acceptors (Lipinski definition) is 6. The van der Waals surface area contributed by atoms with Crippen LogP contribution < -0.4 is 10.6 Å². The van der Waals surface area contributed by atoms with Crippen LogP contribution in [-0.4, -0.2) is 70.8 Å². The van der Waals surface area contributed by atoms with Crippen molar-refractivity contribution >= 4 is 23.4 Å². The van der Waals surface area contributed by atoms with E-state index in [-0.39, 0.29) is 19.0 Å². The smallest absolute Gasteiger partial charge is 0.255 e. The van der Waals surface area contributed by atoms with E-state index in [1.807, 2.05) is 12.1 Å². The Labute approximate surface area is 174 Å². The lowest BCUT2D eigenvalue weighted by Crippen LogP contribution is -2.53. The molecule has 1 saturated heterocycles. The summed E-state index contributed by atoms with van der Waals surface area (Å²) in [6.45, 7) is 1.10. The van der Waals surface area contributed by atoms with Gasteiger partial charge in [-0.1, -0.05) is 18.2 Å². The number of para-hydroxylation sites is 1. The average molecular weight is 417 g/mol. The Morgan fingerprint density at radius 1 is 1.17 bits per heavy atom. The number of aliphatic hydroxyl groups excluding tert-OH is 2. The minimum absolute atomic E-state index is 0.217. The molecule has 2 aliphatic heterocycles. The predicted molar refractivity (Wildman–Crippen MR) is 108 cm³/mol. The van der Waals surface area contributed by atoms with Crippen LogP contribution in [0, 0.1) is 0 Å². The van der Waals surface area contributed by atoms with Gasteiger partial charge in [-0.25, -0.2) is 0 Å². The van der Waals surface area contributed by atoms with E-state index >= 15 is 0 Å². The molecule has 9 heteroatoms. The lowest BCUT2D eigenvalue weighted by Gasteiger charge is -2.27. The lowest BCUT2D eigenvalue weighted by atomic mass is 10.1. The minimum Gasteiger partial charge on any atom is -0.498 e. The van der Waals surface area contributed by atoms with E-state index in [2.05, 4.69) is 10.6 Å². The molecule has 0 saturated carbocycles. The molecule has 0 unspecified atom stereocenters. The lowest BCUT2D eigenvalue weighted by molar-refractivity contribution is -0.154. The van der Waals surface area contributed by atoms with Crippen LogP contribution in [0.2, 0.25) is 0 Å². The molecule has 30 heavy (non-hydrogen) atoms. The number of benzene rings is 1. The standard InChI is InChI=1S/C21H27N3O6/c25-17(20(28)22-11-10-15-8-5-13-30-15)18(26)21(29)24-12-4-9-16(24)19(27)23-14-6-2-1-3-7-14/h1-3,6-8,16-18,25-26H,4-5,9-13H2,(H,22,28)(H,23,27)/t16-,17+,18+/m0/s1. The maximum absolute atomic E-state index is 12.7. The number of carbonyl (C=O) groups is 3. The second-order valence-corrected chi connectivity index (χ2v) is 7.28. The van der Waals surface area contributed by atoms with E-state index in [4.69, 9.17) is 4.74 Å². The van der Waals surface area contributed by atoms with Gasteiger partial charge in [-0.15, -0.1) is 0 Å². The summed E-state index contributed by atoms with van der Waals surface area (Å²) < 4.78 is 5.32. The predicted octanol–water partition coefficient (Wildman–Crippen LogP) is 0.148. The van der Waals surface area contributed by atoms with E-state index in [9.17, 15) is 24.6 Å². The van der Waals surface area contributed by atoms with Crippen LogP contribution >= 0.6 is 0 Å². The summed E-state index contributed by atoms with van der Waals surface area (Å²) in [4.78, 5) is 38.6. The normalized spacial score (nSPS) is 20.1. The highest BCUT2D eigenvalue weighted by Gasteiger charge is 2.40. The monoisotopic (exact) mass is 417 g/mol. The maximum Gasteiger partial charge on any atom is 0.255 e. The van der Waals surface area contributed by atoms with E-state index in [1.165, 1.54) is 4.90 Å². The number of ether oxygens (including phenoxy) is 1. The highest BCUT2D eigenvalue weighted by molar-refractivity contribution is 5.99. The van der Waals surface area contributed by atoms with Gasteiger partial charge >= 0.3 is 0 Å². The number of aliphatic hydroxyl groups is 2. The van der Waals surface area contributed by atoms with E-state index < -0.39 is 30.1 Å². The zero-order valence-corrected chi connectivity index (χ0v) is 16.6.